The van der Waals surface area contributed by atoms with Crippen molar-refractivity contribution in [1.29, 1.82) is 5.26 Å². The first-order valence-electron chi connectivity index (χ1n) is 5.46. The molecule has 0 aliphatic carbocycles. The fourth-order valence-corrected chi connectivity index (χ4v) is 1.30. The van der Waals surface area contributed by atoms with Crippen molar-refractivity contribution in [1.82, 2.24) is 5.32 Å². The molecule has 96 valence electrons. The van der Waals surface area contributed by atoms with Gasteiger partial charge in [-0.2, -0.15) is 5.26 Å². The number of nitriles is 1. The predicted octanol–water partition coefficient (Wildman–Crippen LogP) is 0.315. The molecule has 1 rings (SSSR count). The third-order valence-electron chi connectivity index (χ3n) is 2.26. The molecule has 0 radical (unpaired) electrons. The summed E-state index contributed by atoms with van der Waals surface area (Å²) in [6.07, 6.45) is 0. The largest absolute Gasteiger partial charge is 0.398 e. The lowest BCUT2D eigenvalue weighted by molar-refractivity contribution is -0.119. The van der Waals surface area contributed by atoms with Crippen molar-refractivity contribution in [3.05, 3.63) is 23.8 Å². The number of nitrogens with two attached hydrogens (primary N) is 1. The van der Waals surface area contributed by atoms with Gasteiger partial charge in [-0.1, -0.05) is 0 Å². The zero-order chi connectivity index (χ0) is 13.4. The molecule has 6 heteroatoms. The molecule has 0 saturated heterocycles. The summed E-state index contributed by atoms with van der Waals surface area (Å²) in [7, 11) is 1.57. The van der Waals surface area contributed by atoms with Crippen molar-refractivity contribution in [3.8, 4) is 6.07 Å². The van der Waals surface area contributed by atoms with Crippen molar-refractivity contribution in [2.45, 2.75) is 0 Å². The molecular weight excluding hydrogens is 232 g/mol. The molecule has 0 atom stereocenters. The lowest BCUT2D eigenvalue weighted by Crippen LogP contribution is -2.32. The number of hydrogen-bond acceptors (Lipinski definition) is 5. The number of nitrogens with zero attached hydrogens (tertiary/aromatic N) is 1. The quantitative estimate of drug-likeness (QED) is 0.497. The van der Waals surface area contributed by atoms with Gasteiger partial charge >= 0.3 is 0 Å². The molecule has 0 unspecified atom stereocenters. The Hall–Kier alpha value is -2.26. The number of benzene rings is 1. The Morgan fingerprint density at radius 3 is 3.00 bits per heavy atom. The van der Waals surface area contributed by atoms with Crippen LogP contribution in [0.2, 0.25) is 0 Å². The topological polar surface area (TPSA) is 100 Å². The zero-order valence-electron chi connectivity index (χ0n) is 10.2. The molecule has 4 N–H and O–H groups in total. The summed E-state index contributed by atoms with van der Waals surface area (Å²) in [5, 5.41) is 14.4. The maximum absolute atomic E-state index is 11.4. The Balaban J connectivity index is 2.44. The summed E-state index contributed by atoms with van der Waals surface area (Å²) in [6.45, 7) is 1.09. The highest BCUT2D eigenvalue weighted by Crippen LogP contribution is 2.16. The van der Waals surface area contributed by atoms with Crippen LogP contribution in [-0.4, -0.2) is 32.7 Å². The van der Waals surface area contributed by atoms with E-state index in [-0.39, 0.29) is 12.5 Å². The summed E-state index contributed by atoms with van der Waals surface area (Å²) in [6, 6.07) is 6.94. The van der Waals surface area contributed by atoms with E-state index in [4.69, 9.17) is 15.7 Å². The second-order valence-corrected chi connectivity index (χ2v) is 3.61. The first kappa shape index (κ1) is 13.8. The number of rotatable bonds is 6. The lowest BCUT2D eigenvalue weighted by atomic mass is 10.2. The minimum Gasteiger partial charge on any atom is -0.398 e. The summed E-state index contributed by atoms with van der Waals surface area (Å²) in [4.78, 5) is 11.4. The maximum Gasteiger partial charge on any atom is 0.239 e. The van der Waals surface area contributed by atoms with Gasteiger partial charge in [0.25, 0.3) is 0 Å². The predicted molar refractivity (Wildman–Crippen MR) is 68.9 cm³/mol. The molecule has 0 fully saturated rings. The fourth-order valence-electron chi connectivity index (χ4n) is 1.30. The minimum atomic E-state index is -0.137. The molecular formula is C12H16N4O2. The third-order valence-corrected chi connectivity index (χ3v) is 2.26. The van der Waals surface area contributed by atoms with E-state index in [1.165, 1.54) is 0 Å². The van der Waals surface area contributed by atoms with Gasteiger partial charge in [0.1, 0.15) is 6.07 Å². The van der Waals surface area contributed by atoms with Gasteiger partial charge < -0.3 is 21.1 Å². The third kappa shape index (κ3) is 4.31. The van der Waals surface area contributed by atoms with E-state index >= 15 is 0 Å². The number of methoxy groups -OCH3 is 1. The highest BCUT2D eigenvalue weighted by molar-refractivity contribution is 5.80. The van der Waals surface area contributed by atoms with Crippen molar-refractivity contribution < 1.29 is 9.53 Å². The van der Waals surface area contributed by atoms with Crippen LogP contribution in [0.5, 0.6) is 0 Å². The number of anilines is 2. The number of hydrogen-bond donors (Lipinski definition) is 3. The van der Waals surface area contributed by atoms with Gasteiger partial charge in [0.05, 0.1) is 18.7 Å². The summed E-state index contributed by atoms with van der Waals surface area (Å²) in [5.74, 6) is -0.137. The number of amides is 1. The van der Waals surface area contributed by atoms with Gasteiger partial charge in [0.15, 0.2) is 0 Å². The summed E-state index contributed by atoms with van der Waals surface area (Å²) >= 11 is 0. The van der Waals surface area contributed by atoms with Crippen LogP contribution in [0.3, 0.4) is 0 Å². The molecule has 6 nitrogen and oxygen atoms in total. The lowest BCUT2D eigenvalue weighted by Gasteiger charge is -2.08. The molecule has 0 saturated carbocycles. The SMILES string of the molecule is COCCNC(=O)CNc1ccc(N)c(C#N)c1. The molecule has 0 spiro atoms. The fraction of sp³-hybridized carbons (Fsp3) is 0.333. The Bertz CT molecular complexity index is 454. The van der Waals surface area contributed by atoms with E-state index in [0.717, 1.165) is 0 Å². The number of nitrogens with one attached hydrogen (secondary N) is 2. The van der Waals surface area contributed by atoms with Crippen LogP contribution < -0.4 is 16.4 Å². The average Bonchev–Trinajstić information content (AvgIpc) is 2.38. The van der Waals surface area contributed by atoms with E-state index in [2.05, 4.69) is 10.6 Å². The van der Waals surface area contributed by atoms with Crippen molar-refractivity contribution >= 4 is 17.3 Å². The molecule has 0 aromatic heterocycles. The monoisotopic (exact) mass is 248 g/mol. The minimum absolute atomic E-state index is 0.137. The second kappa shape index (κ2) is 7.14. The van der Waals surface area contributed by atoms with Crippen LogP contribution in [-0.2, 0) is 9.53 Å². The van der Waals surface area contributed by atoms with Gasteiger partial charge in [-0.05, 0) is 18.2 Å². The van der Waals surface area contributed by atoms with E-state index in [1.807, 2.05) is 6.07 Å². The number of carbonyl (C=O) groups is 1. The molecule has 0 aliphatic rings. The zero-order valence-corrected chi connectivity index (χ0v) is 10.2. The van der Waals surface area contributed by atoms with Crippen molar-refractivity contribution in [2.75, 3.05) is 37.9 Å². The van der Waals surface area contributed by atoms with Crippen LogP contribution >= 0.6 is 0 Å². The first-order valence-corrected chi connectivity index (χ1v) is 5.46. The Labute approximate surface area is 106 Å². The molecule has 0 bridgehead atoms. The molecule has 18 heavy (non-hydrogen) atoms. The Morgan fingerprint density at radius 1 is 1.56 bits per heavy atom. The van der Waals surface area contributed by atoms with Gasteiger partial charge in [0, 0.05) is 25.0 Å². The molecule has 0 heterocycles. The number of carbonyl (C=O) groups excluding carboxylic acids is 1. The molecule has 1 aromatic carbocycles. The highest BCUT2D eigenvalue weighted by atomic mass is 16.5. The van der Waals surface area contributed by atoms with Gasteiger partial charge in [0.2, 0.25) is 5.91 Å². The van der Waals surface area contributed by atoms with Gasteiger partial charge in [-0.3, -0.25) is 4.79 Å². The summed E-state index contributed by atoms with van der Waals surface area (Å²) < 4.78 is 4.81. The normalized spacial score (nSPS) is 9.56. The van der Waals surface area contributed by atoms with Crippen LogP contribution in [0.4, 0.5) is 11.4 Å². The van der Waals surface area contributed by atoms with Crippen molar-refractivity contribution in [3.63, 3.8) is 0 Å². The van der Waals surface area contributed by atoms with Crippen molar-refractivity contribution in [2.24, 2.45) is 0 Å². The maximum atomic E-state index is 11.4. The van der Waals surface area contributed by atoms with Gasteiger partial charge in [-0.25, -0.2) is 0 Å². The van der Waals surface area contributed by atoms with E-state index in [0.29, 0.717) is 30.1 Å². The average molecular weight is 248 g/mol. The van der Waals surface area contributed by atoms with Crippen LogP contribution in [0.25, 0.3) is 0 Å². The highest BCUT2D eigenvalue weighted by Gasteiger charge is 2.03. The van der Waals surface area contributed by atoms with E-state index < -0.39 is 0 Å². The molecule has 1 aromatic rings. The summed E-state index contributed by atoms with van der Waals surface area (Å²) in [5.41, 5.74) is 7.09. The van der Waals surface area contributed by atoms with Crippen LogP contribution in [0, 0.1) is 11.3 Å². The van der Waals surface area contributed by atoms with E-state index in [9.17, 15) is 4.79 Å². The molecule has 0 aliphatic heterocycles. The van der Waals surface area contributed by atoms with E-state index in [1.54, 1.807) is 25.3 Å². The van der Waals surface area contributed by atoms with Crippen LogP contribution in [0.1, 0.15) is 5.56 Å². The smallest absolute Gasteiger partial charge is 0.239 e. The molecule has 1 amide bonds. The van der Waals surface area contributed by atoms with Gasteiger partial charge in [-0.15, -0.1) is 0 Å². The first-order chi connectivity index (χ1) is 8.67. The Morgan fingerprint density at radius 2 is 2.33 bits per heavy atom. The van der Waals surface area contributed by atoms with Crippen LogP contribution in [0.15, 0.2) is 18.2 Å². The Kier molecular flexibility index (Phi) is 5.48. The second-order valence-electron chi connectivity index (χ2n) is 3.61. The number of ether oxygens (including phenoxy) is 1. The number of nitrogen functional groups attached to an aromatic ring is 1. The standard InChI is InChI=1S/C12H16N4O2/c1-18-5-4-15-12(17)8-16-10-2-3-11(14)9(6-10)7-13/h2-3,6,16H,4-5,8,14H2,1H3,(H,15,17).